The average molecular weight is 332 g/mol. The van der Waals surface area contributed by atoms with Crippen molar-refractivity contribution in [3.63, 3.8) is 0 Å². The molecule has 1 atom stereocenters. The van der Waals surface area contributed by atoms with E-state index in [0.717, 1.165) is 25.1 Å². The number of carbonyl (C=O) groups is 1. The van der Waals surface area contributed by atoms with Crippen molar-refractivity contribution in [2.75, 3.05) is 13.1 Å². The Kier molecular flexibility index (Phi) is 4.08. The third-order valence-corrected chi connectivity index (χ3v) is 5.42. The van der Waals surface area contributed by atoms with Crippen molar-refractivity contribution < 1.29 is 4.79 Å². The normalized spacial score (nSPS) is 17.4. The number of hydrogen-bond acceptors (Lipinski definition) is 1. The van der Waals surface area contributed by atoms with Gasteiger partial charge in [-0.15, -0.1) is 0 Å². The van der Waals surface area contributed by atoms with Gasteiger partial charge in [0.25, 0.3) is 0 Å². The van der Waals surface area contributed by atoms with Crippen molar-refractivity contribution in [1.29, 1.82) is 0 Å². The smallest absolute Gasteiger partial charge is 0.227 e. The van der Waals surface area contributed by atoms with Gasteiger partial charge in [0.05, 0.1) is 6.42 Å². The van der Waals surface area contributed by atoms with Gasteiger partial charge in [0, 0.05) is 37.3 Å². The molecule has 4 rings (SSSR count). The fraction of sp³-hybridized carbons (Fsp3) is 0.318. The lowest BCUT2D eigenvalue weighted by Gasteiger charge is -2.17. The van der Waals surface area contributed by atoms with Crippen LogP contribution in [0, 0.1) is 6.92 Å². The zero-order chi connectivity index (χ0) is 17.4. The van der Waals surface area contributed by atoms with Gasteiger partial charge < -0.3 is 9.47 Å². The minimum atomic E-state index is 0.241. The largest absolute Gasteiger partial charge is 0.347 e. The van der Waals surface area contributed by atoms with E-state index in [1.165, 1.54) is 22.2 Å². The number of likely N-dealkylation sites (tertiary alicyclic amines) is 1. The maximum atomic E-state index is 12.7. The van der Waals surface area contributed by atoms with Crippen LogP contribution in [-0.2, 0) is 18.3 Å². The molecule has 1 saturated heterocycles. The Morgan fingerprint density at radius 2 is 1.88 bits per heavy atom. The Labute approximate surface area is 148 Å². The molecule has 0 saturated carbocycles. The van der Waals surface area contributed by atoms with Crippen LogP contribution < -0.4 is 0 Å². The minimum absolute atomic E-state index is 0.241. The lowest BCUT2D eigenvalue weighted by Crippen LogP contribution is -2.30. The van der Waals surface area contributed by atoms with Crippen LogP contribution >= 0.6 is 0 Å². The molecule has 0 bridgehead atoms. The molecule has 0 spiro atoms. The Hall–Kier alpha value is -2.55. The molecule has 25 heavy (non-hydrogen) atoms. The summed E-state index contributed by atoms with van der Waals surface area (Å²) in [7, 11) is 2.13. The predicted octanol–water partition coefficient (Wildman–Crippen LogP) is 4.05. The molecule has 3 aromatic rings. The van der Waals surface area contributed by atoms with Gasteiger partial charge in [-0.05, 0) is 36.4 Å². The Balaban J connectivity index is 1.47. The molecule has 1 aliphatic heterocycles. The van der Waals surface area contributed by atoms with E-state index in [1.54, 1.807) is 0 Å². The summed E-state index contributed by atoms with van der Waals surface area (Å²) < 4.78 is 2.29. The quantitative estimate of drug-likeness (QED) is 0.710. The first-order valence-electron chi connectivity index (χ1n) is 8.99. The molecule has 128 valence electrons. The molecule has 1 aromatic heterocycles. The van der Waals surface area contributed by atoms with Crippen LogP contribution in [-0.4, -0.2) is 28.5 Å². The number of aryl methyl sites for hydroxylation is 2. The number of para-hydroxylation sites is 1. The highest BCUT2D eigenvalue weighted by atomic mass is 16.2. The molecular weight excluding hydrogens is 308 g/mol. The van der Waals surface area contributed by atoms with Crippen molar-refractivity contribution >= 4 is 16.8 Å². The number of amides is 1. The molecule has 1 unspecified atom stereocenters. The fourth-order valence-electron chi connectivity index (χ4n) is 3.92. The van der Waals surface area contributed by atoms with Gasteiger partial charge in [-0.1, -0.05) is 48.0 Å². The molecule has 0 radical (unpaired) electrons. The number of fused-ring (bicyclic) bond motifs is 1. The number of nitrogens with zero attached hydrogens (tertiary/aromatic N) is 2. The van der Waals surface area contributed by atoms with E-state index in [9.17, 15) is 4.79 Å². The van der Waals surface area contributed by atoms with Crippen LogP contribution in [0.15, 0.2) is 54.6 Å². The molecule has 1 aliphatic rings. The van der Waals surface area contributed by atoms with Crippen molar-refractivity contribution in [2.24, 2.45) is 7.05 Å². The third kappa shape index (κ3) is 3.07. The maximum absolute atomic E-state index is 12.7. The summed E-state index contributed by atoms with van der Waals surface area (Å²) in [4.78, 5) is 14.7. The highest BCUT2D eigenvalue weighted by molar-refractivity contribution is 5.82. The predicted molar refractivity (Wildman–Crippen MR) is 102 cm³/mol. The zero-order valence-corrected chi connectivity index (χ0v) is 14.9. The average Bonchev–Trinajstić information content (AvgIpc) is 3.22. The van der Waals surface area contributed by atoms with E-state index in [-0.39, 0.29) is 5.91 Å². The topological polar surface area (TPSA) is 25.2 Å². The molecular formula is C22H24N2O. The van der Waals surface area contributed by atoms with Gasteiger partial charge in [-0.2, -0.15) is 0 Å². The highest BCUT2D eigenvalue weighted by Crippen LogP contribution is 2.31. The van der Waals surface area contributed by atoms with Crippen molar-refractivity contribution in [2.45, 2.75) is 25.7 Å². The van der Waals surface area contributed by atoms with Crippen molar-refractivity contribution in [3.05, 3.63) is 71.4 Å². The molecule has 0 aliphatic carbocycles. The molecule has 1 amide bonds. The molecule has 0 N–H and O–H groups in total. The van der Waals surface area contributed by atoms with Crippen LogP contribution in [0.3, 0.4) is 0 Å². The van der Waals surface area contributed by atoms with Crippen LogP contribution in [0.2, 0.25) is 0 Å². The monoisotopic (exact) mass is 332 g/mol. The molecule has 3 nitrogen and oxygen atoms in total. The zero-order valence-electron chi connectivity index (χ0n) is 14.9. The van der Waals surface area contributed by atoms with E-state index in [0.29, 0.717) is 12.3 Å². The van der Waals surface area contributed by atoms with Crippen LogP contribution in [0.25, 0.3) is 10.9 Å². The van der Waals surface area contributed by atoms with E-state index in [2.05, 4.69) is 73.1 Å². The van der Waals surface area contributed by atoms with Crippen LogP contribution in [0.4, 0.5) is 0 Å². The molecule has 2 aromatic carbocycles. The number of rotatable bonds is 3. The first-order valence-corrected chi connectivity index (χ1v) is 8.99. The second-order valence-electron chi connectivity index (χ2n) is 7.17. The molecule has 2 heterocycles. The minimum Gasteiger partial charge on any atom is -0.347 e. The standard InChI is InChI=1S/C22H24N2O/c1-16-7-9-17(10-8-16)13-22(25)24-12-11-19(15-24)21-14-18-5-3-4-6-20(18)23(21)2/h3-10,14,19H,11-13,15H2,1-2H3. The number of carbonyl (C=O) groups excluding carboxylic acids is 1. The Morgan fingerprint density at radius 1 is 1.12 bits per heavy atom. The van der Waals surface area contributed by atoms with Crippen molar-refractivity contribution in [1.82, 2.24) is 9.47 Å². The highest BCUT2D eigenvalue weighted by Gasteiger charge is 2.29. The van der Waals surface area contributed by atoms with Crippen LogP contribution in [0.5, 0.6) is 0 Å². The summed E-state index contributed by atoms with van der Waals surface area (Å²) in [6.45, 7) is 3.76. The second kappa shape index (κ2) is 6.40. The summed E-state index contributed by atoms with van der Waals surface area (Å²) >= 11 is 0. The molecule has 1 fully saturated rings. The fourth-order valence-corrected chi connectivity index (χ4v) is 3.92. The second-order valence-corrected chi connectivity index (χ2v) is 7.17. The van der Waals surface area contributed by atoms with E-state index < -0.39 is 0 Å². The van der Waals surface area contributed by atoms with Gasteiger partial charge in [0.1, 0.15) is 0 Å². The maximum Gasteiger partial charge on any atom is 0.227 e. The lowest BCUT2D eigenvalue weighted by atomic mass is 10.0. The van der Waals surface area contributed by atoms with Gasteiger partial charge in [-0.3, -0.25) is 4.79 Å². The summed E-state index contributed by atoms with van der Waals surface area (Å²) in [6.07, 6.45) is 1.55. The third-order valence-electron chi connectivity index (χ3n) is 5.42. The number of hydrogen-bond donors (Lipinski definition) is 0. The summed E-state index contributed by atoms with van der Waals surface area (Å²) in [5.74, 6) is 0.671. The summed E-state index contributed by atoms with van der Waals surface area (Å²) in [5.41, 5.74) is 4.94. The van der Waals surface area contributed by atoms with Gasteiger partial charge >= 0.3 is 0 Å². The van der Waals surface area contributed by atoms with E-state index in [4.69, 9.17) is 0 Å². The Bertz CT molecular complexity index is 907. The van der Waals surface area contributed by atoms with E-state index in [1.807, 2.05) is 4.90 Å². The first kappa shape index (κ1) is 15.9. The van der Waals surface area contributed by atoms with E-state index >= 15 is 0 Å². The Morgan fingerprint density at radius 3 is 2.64 bits per heavy atom. The van der Waals surface area contributed by atoms with Gasteiger partial charge in [0.2, 0.25) is 5.91 Å². The van der Waals surface area contributed by atoms with Crippen LogP contribution in [0.1, 0.15) is 29.2 Å². The SMILES string of the molecule is Cc1ccc(CC(=O)N2CCC(c3cc4ccccc4n3C)C2)cc1. The number of aromatic nitrogens is 1. The first-order chi connectivity index (χ1) is 12.1. The lowest BCUT2D eigenvalue weighted by molar-refractivity contribution is -0.129. The summed E-state index contributed by atoms with van der Waals surface area (Å²) in [6, 6.07) is 19.0. The summed E-state index contributed by atoms with van der Waals surface area (Å²) in [5, 5.41) is 1.28. The molecule has 3 heteroatoms. The number of benzene rings is 2. The van der Waals surface area contributed by atoms with Crippen molar-refractivity contribution in [3.8, 4) is 0 Å². The van der Waals surface area contributed by atoms with Gasteiger partial charge in [-0.25, -0.2) is 0 Å². The van der Waals surface area contributed by atoms with Gasteiger partial charge in [0.15, 0.2) is 0 Å².